The lowest BCUT2D eigenvalue weighted by molar-refractivity contribution is -0.143. The zero-order valence-corrected chi connectivity index (χ0v) is 12.8. The van der Waals surface area contributed by atoms with Gasteiger partial charge in [-0.1, -0.05) is 38.1 Å². The number of hydrogen-bond donors (Lipinski definition) is 1. The second kappa shape index (κ2) is 8.72. The highest BCUT2D eigenvalue weighted by Gasteiger charge is 2.20. The van der Waals surface area contributed by atoms with Crippen LogP contribution in [0.2, 0.25) is 0 Å². The molecule has 0 aliphatic heterocycles. The Hall–Kier alpha value is -1.39. The van der Waals surface area contributed by atoms with Crippen molar-refractivity contribution in [2.24, 2.45) is 5.92 Å². The predicted octanol–water partition coefficient (Wildman–Crippen LogP) is 2.51. The Bertz CT molecular complexity index is 418. The summed E-state index contributed by atoms with van der Waals surface area (Å²) >= 11 is 0. The average molecular weight is 279 g/mol. The number of benzene rings is 1. The molecule has 0 aliphatic rings. The van der Waals surface area contributed by atoms with Crippen molar-refractivity contribution in [1.82, 2.24) is 5.32 Å². The average Bonchev–Trinajstić information content (AvgIpc) is 2.44. The van der Waals surface area contributed by atoms with E-state index in [1.165, 1.54) is 7.11 Å². The normalized spacial score (nSPS) is 12.4. The Balaban J connectivity index is 2.69. The zero-order valence-electron chi connectivity index (χ0n) is 12.8. The monoisotopic (exact) mass is 279 g/mol. The number of hydrogen-bond acceptors (Lipinski definition) is 4. The summed E-state index contributed by atoms with van der Waals surface area (Å²) in [6.45, 7) is 5.39. The molecule has 0 aliphatic carbocycles. The maximum atomic E-state index is 11.8. The fourth-order valence-electron chi connectivity index (χ4n) is 2.14. The molecule has 0 amide bonds. The lowest BCUT2D eigenvalue weighted by atomic mass is 10.0. The molecule has 1 rings (SSSR count). The number of ether oxygens (including phenoxy) is 2. The van der Waals surface area contributed by atoms with Gasteiger partial charge in [-0.3, -0.25) is 4.79 Å². The lowest BCUT2D eigenvalue weighted by Gasteiger charge is -2.19. The molecule has 0 heterocycles. The van der Waals surface area contributed by atoms with E-state index in [2.05, 4.69) is 19.2 Å². The summed E-state index contributed by atoms with van der Waals surface area (Å²) in [6, 6.07) is 7.80. The molecule has 1 N–H and O–H groups in total. The predicted molar refractivity (Wildman–Crippen MR) is 79.3 cm³/mol. The van der Waals surface area contributed by atoms with E-state index < -0.39 is 0 Å². The van der Waals surface area contributed by atoms with E-state index in [0.29, 0.717) is 19.1 Å². The molecule has 0 spiro atoms. The minimum atomic E-state index is -0.268. The Labute approximate surface area is 121 Å². The van der Waals surface area contributed by atoms with Gasteiger partial charge in [0.15, 0.2) is 0 Å². The van der Waals surface area contributed by atoms with Gasteiger partial charge in [0.25, 0.3) is 0 Å². The molecular formula is C16H25NO3. The summed E-state index contributed by atoms with van der Waals surface area (Å²) in [5.74, 6) is 0.226. The van der Waals surface area contributed by atoms with Gasteiger partial charge < -0.3 is 14.8 Å². The number of carbonyl (C=O) groups excluding carboxylic acids is 1. The van der Waals surface area contributed by atoms with E-state index in [1.54, 1.807) is 7.11 Å². The van der Waals surface area contributed by atoms with Gasteiger partial charge in [0.05, 0.1) is 13.7 Å². The van der Waals surface area contributed by atoms with Crippen LogP contribution in [0.3, 0.4) is 0 Å². The molecule has 4 nitrogen and oxygen atoms in total. The van der Waals surface area contributed by atoms with E-state index in [0.717, 1.165) is 17.5 Å². The van der Waals surface area contributed by atoms with Gasteiger partial charge in [-0.15, -0.1) is 0 Å². The van der Waals surface area contributed by atoms with Crippen LogP contribution >= 0.6 is 0 Å². The van der Waals surface area contributed by atoms with E-state index in [4.69, 9.17) is 9.47 Å². The Morgan fingerprint density at radius 3 is 2.40 bits per heavy atom. The van der Waals surface area contributed by atoms with E-state index in [9.17, 15) is 4.79 Å². The molecule has 4 heteroatoms. The quantitative estimate of drug-likeness (QED) is 0.743. The summed E-state index contributed by atoms with van der Waals surface area (Å²) < 4.78 is 10.0. The smallest absolute Gasteiger partial charge is 0.322 e. The molecule has 1 aromatic carbocycles. The van der Waals surface area contributed by atoms with Crippen molar-refractivity contribution in [2.45, 2.75) is 39.5 Å². The van der Waals surface area contributed by atoms with Gasteiger partial charge in [-0.2, -0.15) is 0 Å². The maximum Gasteiger partial charge on any atom is 0.322 e. The summed E-state index contributed by atoms with van der Waals surface area (Å²) in [5, 5.41) is 3.29. The van der Waals surface area contributed by atoms with Crippen molar-refractivity contribution in [1.29, 1.82) is 0 Å². The second-order valence-electron chi connectivity index (χ2n) is 5.29. The molecule has 0 radical (unpaired) electrons. The van der Waals surface area contributed by atoms with Gasteiger partial charge in [-0.05, 0) is 23.5 Å². The van der Waals surface area contributed by atoms with Crippen LogP contribution in [0.5, 0.6) is 0 Å². The van der Waals surface area contributed by atoms with E-state index >= 15 is 0 Å². The van der Waals surface area contributed by atoms with Crippen LogP contribution in [0, 0.1) is 5.92 Å². The minimum absolute atomic E-state index is 0.206. The van der Waals surface area contributed by atoms with Crippen LogP contribution in [-0.4, -0.2) is 26.2 Å². The van der Waals surface area contributed by atoms with Crippen LogP contribution in [0.25, 0.3) is 0 Å². The third-order valence-electron chi connectivity index (χ3n) is 3.15. The van der Waals surface area contributed by atoms with Gasteiger partial charge in [0.1, 0.15) is 6.04 Å². The number of carbonyl (C=O) groups is 1. The highest BCUT2D eigenvalue weighted by Crippen LogP contribution is 2.12. The first-order valence-electron chi connectivity index (χ1n) is 6.95. The topological polar surface area (TPSA) is 47.6 Å². The first-order chi connectivity index (χ1) is 9.58. The van der Waals surface area contributed by atoms with Crippen LogP contribution in [0.4, 0.5) is 0 Å². The third kappa shape index (κ3) is 5.31. The molecule has 1 aromatic rings. The first-order valence-corrected chi connectivity index (χ1v) is 6.95. The molecule has 112 valence electrons. The van der Waals surface area contributed by atoms with E-state index in [1.807, 2.05) is 24.3 Å². The molecule has 1 atom stereocenters. The standard InChI is InChI=1S/C16H25NO3/c1-12(2)9-15(16(18)20-4)17-10-13-7-5-6-8-14(13)11-19-3/h5-8,12,15,17H,9-11H2,1-4H3. The lowest BCUT2D eigenvalue weighted by Crippen LogP contribution is -2.38. The Morgan fingerprint density at radius 2 is 1.85 bits per heavy atom. The number of rotatable bonds is 8. The highest BCUT2D eigenvalue weighted by atomic mass is 16.5. The fourth-order valence-corrected chi connectivity index (χ4v) is 2.14. The van der Waals surface area contributed by atoms with Gasteiger partial charge in [0, 0.05) is 13.7 Å². The molecule has 0 aromatic heterocycles. The van der Waals surface area contributed by atoms with Crippen molar-refractivity contribution < 1.29 is 14.3 Å². The van der Waals surface area contributed by atoms with Crippen LogP contribution < -0.4 is 5.32 Å². The minimum Gasteiger partial charge on any atom is -0.468 e. The zero-order chi connectivity index (χ0) is 15.0. The van der Waals surface area contributed by atoms with Crippen LogP contribution in [-0.2, 0) is 27.4 Å². The van der Waals surface area contributed by atoms with Crippen LogP contribution in [0.1, 0.15) is 31.4 Å². The number of methoxy groups -OCH3 is 2. The number of esters is 1. The van der Waals surface area contributed by atoms with Gasteiger partial charge in [0.2, 0.25) is 0 Å². The molecule has 0 fully saturated rings. The van der Waals surface area contributed by atoms with Crippen molar-refractivity contribution in [3.63, 3.8) is 0 Å². The molecular weight excluding hydrogens is 254 g/mol. The number of nitrogens with one attached hydrogen (secondary N) is 1. The Kier molecular flexibility index (Phi) is 7.26. The molecule has 0 saturated carbocycles. The highest BCUT2D eigenvalue weighted by molar-refractivity contribution is 5.75. The molecule has 1 unspecified atom stereocenters. The largest absolute Gasteiger partial charge is 0.468 e. The Morgan fingerprint density at radius 1 is 1.20 bits per heavy atom. The summed E-state index contributed by atoms with van der Waals surface area (Å²) in [7, 11) is 3.11. The fraction of sp³-hybridized carbons (Fsp3) is 0.562. The molecule has 20 heavy (non-hydrogen) atoms. The van der Waals surface area contributed by atoms with Gasteiger partial charge in [-0.25, -0.2) is 0 Å². The summed E-state index contributed by atoms with van der Waals surface area (Å²) in [4.78, 5) is 11.8. The second-order valence-corrected chi connectivity index (χ2v) is 5.29. The van der Waals surface area contributed by atoms with Gasteiger partial charge >= 0.3 is 5.97 Å². The van der Waals surface area contributed by atoms with E-state index in [-0.39, 0.29) is 12.0 Å². The van der Waals surface area contributed by atoms with Crippen LogP contribution in [0.15, 0.2) is 24.3 Å². The van der Waals surface area contributed by atoms with Crippen molar-refractivity contribution >= 4 is 5.97 Å². The first kappa shape index (κ1) is 16.7. The summed E-state index contributed by atoms with van der Waals surface area (Å²) in [6.07, 6.45) is 0.763. The maximum absolute atomic E-state index is 11.8. The van der Waals surface area contributed by atoms with Crippen molar-refractivity contribution in [3.05, 3.63) is 35.4 Å². The molecule has 0 saturated heterocycles. The SMILES string of the molecule is COCc1ccccc1CNC(CC(C)C)C(=O)OC. The van der Waals surface area contributed by atoms with Crippen molar-refractivity contribution in [3.8, 4) is 0 Å². The third-order valence-corrected chi connectivity index (χ3v) is 3.15. The van der Waals surface area contributed by atoms with Crippen molar-refractivity contribution in [2.75, 3.05) is 14.2 Å². The molecule has 0 bridgehead atoms. The summed E-state index contributed by atoms with van der Waals surface area (Å²) in [5.41, 5.74) is 2.28.